The van der Waals surface area contributed by atoms with Gasteiger partial charge >= 0.3 is 0 Å². The number of hydrogen-bond donors (Lipinski definition) is 0. The zero-order chi connectivity index (χ0) is 43.0. The molecule has 0 spiro atoms. The van der Waals surface area contributed by atoms with Crippen LogP contribution in [0.3, 0.4) is 0 Å². The summed E-state index contributed by atoms with van der Waals surface area (Å²) in [5.74, 6) is 0.440. The Bertz CT molecular complexity index is 3760. The molecule has 0 fully saturated rings. The van der Waals surface area contributed by atoms with Crippen LogP contribution in [0.1, 0.15) is 29.2 Å². The van der Waals surface area contributed by atoms with Crippen LogP contribution in [0, 0.1) is 5.92 Å². The van der Waals surface area contributed by atoms with Gasteiger partial charge in [-0.1, -0.05) is 219 Å². The fourth-order valence-corrected chi connectivity index (χ4v) is 12.4. The highest BCUT2D eigenvalue weighted by molar-refractivity contribution is 7.26. The number of thiophene rings is 1. The number of allylic oxidation sites excluding steroid dienone is 4. The highest BCUT2D eigenvalue weighted by atomic mass is 32.1. The molecule has 0 radical (unpaired) electrons. The lowest BCUT2D eigenvalue weighted by atomic mass is 9.78. The zero-order valence-corrected chi connectivity index (χ0v) is 37.0. The molecule has 1 heterocycles. The van der Waals surface area contributed by atoms with Gasteiger partial charge < -0.3 is 0 Å². The van der Waals surface area contributed by atoms with E-state index < -0.39 is 0 Å². The lowest BCUT2D eigenvalue weighted by molar-refractivity contribution is 0.719. The molecule has 0 saturated heterocycles. The summed E-state index contributed by atoms with van der Waals surface area (Å²) in [6, 6.07) is 68.3. The van der Waals surface area contributed by atoms with Gasteiger partial charge in [-0.25, -0.2) is 0 Å². The molecule has 1 aromatic heterocycles. The Labute approximate surface area is 383 Å². The minimum Gasteiger partial charge on any atom is -0.135 e. The number of benzene rings is 10. The Morgan fingerprint density at radius 1 is 0.415 bits per heavy atom. The second-order valence-corrected chi connectivity index (χ2v) is 18.9. The molecule has 1 atom stereocenters. The largest absolute Gasteiger partial charge is 0.135 e. The van der Waals surface area contributed by atoms with Crippen molar-refractivity contribution in [3.05, 3.63) is 229 Å². The number of hydrogen-bond acceptors (Lipinski definition) is 1. The first-order valence-electron chi connectivity index (χ1n) is 22.9. The van der Waals surface area contributed by atoms with Crippen molar-refractivity contribution in [3.8, 4) is 55.6 Å². The molecule has 10 aromatic carbocycles. The van der Waals surface area contributed by atoms with E-state index in [1.165, 1.54) is 130 Å². The summed E-state index contributed by atoms with van der Waals surface area (Å²) in [4.78, 5) is 0. The van der Waals surface area contributed by atoms with E-state index in [9.17, 15) is 0 Å². The summed E-state index contributed by atoms with van der Waals surface area (Å²) >= 11 is 1.95. The summed E-state index contributed by atoms with van der Waals surface area (Å²) in [5, 5.41) is 10.4. The minimum absolute atomic E-state index is 0.440. The summed E-state index contributed by atoms with van der Waals surface area (Å²) in [6.45, 7) is 2.36. The van der Waals surface area contributed by atoms with Gasteiger partial charge in [0.1, 0.15) is 0 Å². The van der Waals surface area contributed by atoms with Crippen molar-refractivity contribution in [2.45, 2.75) is 19.8 Å². The Kier molecular flexibility index (Phi) is 8.93. The van der Waals surface area contributed by atoms with E-state index in [0.717, 1.165) is 12.8 Å². The molecule has 0 N–H and O–H groups in total. The van der Waals surface area contributed by atoms with Gasteiger partial charge in [0.05, 0.1) is 0 Å². The molecular formula is C64H44S. The van der Waals surface area contributed by atoms with E-state index in [1.54, 1.807) is 0 Å². The minimum atomic E-state index is 0.440. The molecule has 0 aliphatic heterocycles. The molecule has 1 unspecified atom stereocenters. The molecule has 13 rings (SSSR count). The molecule has 2 aliphatic carbocycles. The maximum Gasteiger partial charge on any atom is 0.0434 e. The maximum atomic E-state index is 2.46. The Morgan fingerprint density at radius 3 is 1.71 bits per heavy atom. The van der Waals surface area contributed by atoms with Crippen LogP contribution < -0.4 is 0 Å². The lowest BCUT2D eigenvalue weighted by Gasteiger charge is -2.26. The van der Waals surface area contributed by atoms with Gasteiger partial charge in [-0.2, -0.15) is 0 Å². The molecule has 0 nitrogen and oxygen atoms in total. The summed E-state index contributed by atoms with van der Waals surface area (Å²) in [5.41, 5.74) is 18.4. The lowest BCUT2D eigenvalue weighted by Crippen LogP contribution is -2.08. The monoisotopic (exact) mass is 844 g/mol. The first-order chi connectivity index (χ1) is 32.2. The van der Waals surface area contributed by atoms with Gasteiger partial charge in [0.2, 0.25) is 0 Å². The third-order valence-corrected chi connectivity index (χ3v) is 15.3. The molecule has 0 bridgehead atoms. The number of fused-ring (bicyclic) bond motifs is 8. The Hall–Kier alpha value is -7.58. The van der Waals surface area contributed by atoms with Gasteiger partial charge in [-0.05, 0) is 129 Å². The molecule has 0 saturated carbocycles. The SMILES string of the molecule is CC1C=Cc2c(c(-c3cccc4c3sc3cc(-c5c6ccccc6c(-c6ccccc6)c6ccccc56)ccc34)c3ccccc3c2-c2ccc(-c3cccc4c3C=CC=CC4)cc2)C1. The topological polar surface area (TPSA) is 0 Å². The van der Waals surface area contributed by atoms with Gasteiger partial charge in [-0.15, -0.1) is 11.3 Å². The van der Waals surface area contributed by atoms with Crippen LogP contribution >= 0.6 is 11.3 Å². The van der Waals surface area contributed by atoms with Gasteiger partial charge in [-0.3, -0.25) is 0 Å². The molecule has 1 heteroatoms. The zero-order valence-electron chi connectivity index (χ0n) is 36.2. The van der Waals surface area contributed by atoms with Crippen LogP contribution in [0.4, 0.5) is 0 Å². The predicted octanol–water partition coefficient (Wildman–Crippen LogP) is 18.2. The molecule has 2 aliphatic rings. The quantitative estimate of drug-likeness (QED) is 0.151. The standard InChI is InChI=1S/C64H44S/c1-40-30-36-55-58(38-40)63(54-26-13-12-25-53(54)61(55)44-33-31-42(32-34-44)47-27-14-19-41-16-4-3-7-20-46(41)47)57-29-15-28-56-48-37-35-45(39-59(48)65-64(56)57)62-51-23-10-8-21-49(51)60(43-17-5-2-6-18-43)50-22-9-11-24-52(50)62/h2-15,17-37,39-40H,16,38H2,1H3. The van der Waals surface area contributed by atoms with Crippen molar-refractivity contribution in [3.63, 3.8) is 0 Å². The van der Waals surface area contributed by atoms with Crippen LogP contribution in [0.15, 0.2) is 206 Å². The van der Waals surface area contributed by atoms with E-state index >= 15 is 0 Å². The highest BCUT2D eigenvalue weighted by Crippen LogP contribution is 2.50. The van der Waals surface area contributed by atoms with Crippen LogP contribution in [0.25, 0.3) is 120 Å². The normalized spacial score (nSPS) is 14.4. The highest BCUT2D eigenvalue weighted by Gasteiger charge is 2.26. The van der Waals surface area contributed by atoms with Crippen molar-refractivity contribution < 1.29 is 0 Å². The Morgan fingerprint density at radius 2 is 0.985 bits per heavy atom. The van der Waals surface area contributed by atoms with E-state index in [0.29, 0.717) is 5.92 Å². The molecular weight excluding hydrogens is 801 g/mol. The van der Waals surface area contributed by atoms with Crippen molar-refractivity contribution in [2.24, 2.45) is 5.92 Å². The van der Waals surface area contributed by atoms with Crippen LogP contribution in [-0.2, 0) is 12.8 Å². The first kappa shape index (κ1) is 37.9. The van der Waals surface area contributed by atoms with Gasteiger partial charge in [0.25, 0.3) is 0 Å². The third kappa shape index (κ3) is 6.11. The van der Waals surface area contributed by atoms with Crippen LogP contribution in [0.5, 0.6) is 0 Å². The van der Waals surface area contributed by atoms with E-state index in [-0.39, 0.29) is 0 Å². The molecule has 11 aromatic rings. The number of rotatable bonds is 5. The van der Waals surface area contributed by atoms with Crippen molar-refractivity contribution in [1.29, 1.82) is 0 Å². The Balaban J connectivity index is 0.988. The maximum absolute atomic E-state index is 2.46. The second kappa shape index (κ2) is 15.3. The van der Waals surface area contributed by atoms with Gasteiger partial charge in [0.15, 0.2) is 0 Å². The predicted molar refractivity (Wildman–Crippen MR) is 283 cm³/mol. The summed E-state index contributed by atoms with van der Waals surface area (Å²) in [6.07, 6.45) is 15.6. The average molecular weight is 845 g/mol. The fourth-order valence-electron chi connectivity index (χ4n) is 11.2. The van der Waals surface area contributed by atoms with Gasteiger partial charge in [0, 0.05) is 25.7 Å². The van der Waals surface area contributed by atoms with Crippen molar-refractivity contribution in [2.75, 3.05) is 0 Å². The van der Waals surface area contributed by atoms with Crippen molar-refractivity contribution >= 4 is 76.0 Å². The van der Waals surface area contributed by atoms with E-state index in [4.69, 9.17) is 0 Å². The fraction of sp³-hybridized carbons (Fsp3) is 0.0625. The van der Waals surface area contributed by atoms with Crippen LogP contribution in [-0.4, -0.2) is 0 Å². The molecule has 306 valence electrons. The van der Waals surface area contributed by atoms with Crippen LogP contribution in [0.2, 0.25) is 0 Å². The third-order valence-electron chi connectivity index (χ3n) is 14.1. The summed E-state index contributed by atoms with van der Waals surface area (Å²) < 4.78 is 2.67. The second-order valence-electron chi connectivity index (χ2n) is 17.9. The average Bonchev–Trinajstić information content (AvgIpc) is 3.56. The molecule has 0 amide bonds. The van der Waals surface area contributed by atoms with E-state index in [2.05, 4.69) is 225 Å². The van der Waals surface area contributed by atoms with E-state index in [1.807, 2.05) is 11.3 Å². The summed E-state index contributed by atoms with van der Waals surface area (Å²) in [7, 11) is 0. The molecule has 65 heavy (non-hydrogen) atoms. The first-order valence-corrected chi connectivity index (χ1v) is 23.8. The van der Waals surface area contributed by atoms with Crippen molar-refractivity contribution in [1.82, 2.24) is 0 Å². The smallest absolute Gasteiger partial charge is 0.0434 e.